The molecule has 15 heavy (non-hydrogen) atoms. The summed E-state index contributed by atoms with van der Waals surface area (Å²) < 4.78 is 23.2. The van der Waals surface area contributed by atoms with Gasteiger partial charge in [0.1, 0.15) is 5.75 Å². The van der Waals surface area contributed by atoms with Crippen LogP contribution in [-0.2, 0) is 9.84 Å². The van der Waals surface area contributed by atoms with Crippen LogP contribution in [0.2, 0.25) is 0 Å². The van der Waals surface area contributed by atoms with Crippen molar-refractivity contribution in [3.05, 3.63) is 17.7 Å². The number of aryl methyl sites for hydroxylation is 1. The molecule has 4 N–H and O–H groups in total. The van der Waals surface area contributed by atoms with Crippen molar-refractivity contribution in [2.75, 3.05) is 18.1 Å². The maximum atomic E-state index is 11.6. The number of hydrogen-bond acceptors (Lipinski definition) is 5. The minimum atomic E-state index is -3.55. The van der Waals surface area contributed by atoms with Crippen LogP contribution in [-0.4, -0.2) is 31.0 Å². The van der Waals surface area contributed by atoms with E-state index in [4.69, 9.17) is 10.8 Å². The fourth-order valence-corrected chi connectivity index (χ4v) is 2.57. The van der Waals surface area contributed by atoms with Gasteiger partial charge < -0.3 is 15.9 Å². The van der Waals surface area contributed by atoms with Gasteiger partial charge in [-0.25, -0.2) is 8.42 Å². The monoisotopic (exact) mass is 231 g/mol. The fraction of sp³-hybridized carbons (Fsp3) is 0.333. The molecule has 0 atom stereocenters. The molecule has 0 amide bonds. The van der Waals surface area contributed by atoms with Crippen molar-refractivity contribution in [3.8, 4) is 5.75 Å². The van der Waals surface area contributed by atoms with Crippen molar-refractivity contribution in [1.82, 2.24) is 0 Å². The van der Waals surface area contributed by atoms with Gasteiger partial charge in [-0.3, -0.25) is 0 Å². The number of sulfone groups is 1. The molecule has 1 aromatic carbocycles. The molecule has 0 saturated heterocycles. The number of benzene rings is 1. The molecule has 5 nitrogen and oxygen atoms in total. The summed E-state index contributed by atoms with van der Waals surface area (Å²) in [7, 11) is -3.55. The molecule has 0 aliphatic carbocycles. The second-order valence-electron chi connectivity index (χ2n) is 3.22. The molecule has 1 rings (SSSR count). The number of phenols is 1. The van der Waals surface area contributed by atoms with E-state index >= 15 is 0 Å². The number of nitrogen functional groups attached to an aromatic ring is 1. The third-order valence-electron chi connectivity index (χ3n) is 2.02. The Morgan fingerprint density at radius 2 is 2.00 bits per heavy atom. The average molecular weight is 231 g/mol. The van der Waals surface area contributed by atoms with E-state index < -0.39 is 16.4 Å². The Hall–Kier alpha value is -1.27. The van der Waals surface area contributed by atoms with Crippen molar-refractivity contribution < 1.29 is 18.6 Å². The quantitative estimate of drug-likeness (QED) is 0.504. The Morgan fingerprint density at radius 3 is 2.53 bits per heavy atom. The topological polar surface area (TPSA) is 101 Å². The summed E-state index contributed by atoms with van der Waals surface area (Å²) in [5, 5.41) is 17.9. The second-order valence-corrected chi connectivity index (χ2v) is 5.30. The zero-order valence-electron chi connectivity index (χ0n) is 8.27. The van der Waals surface area contributed by atoms with Gasteiger partial charge in [-0.05, 0) is 18.6 Å². The normalized spacial score (nSPS) is 11.6. The standard InChI is InChI=1S/C9H13NO4S/c1-6-4-7(10)8(12)5-9(6)15(13,14)3-2-11/h4-5,11-12H,2-3,10H2,1H3. The van der Waals surface area contributed by atoms with Crippen LogP contribution in [0.3, 0.4) is 0 Å². The molecular weight excluding hydrogens is 218 g/mol. The first-order chi connectivity index (χ1) is 6.88. The zero-order chi connectivity index (χ0) is 11.6. The van der Waals surface area contributed by atoms with Crippen molar-refractivity contribution >= 4 is 15.5 Å². The lowest BCUT2D eigenvalue weighted by molar-refractivity contribution is 0.319. The van der Waals surface area contributed by atoms with Crippen molar-refractivity contribution in [2.24, 2.45) is 0 Å². The Morgan fingerprint density at radius 1 is 1.40 bits per heavy atom. The summed E-state index contributed by atoms with van der Waals surface area (Å²) in [5.74, 6) is -0.630. The number of aromatic hydroxyl groups is 1. The molecule has 6 heteroatoms. The first-order valence-corrected chi connectivity index (χ1v) is 5.96. The number of aliphatic hydroxyl groups excluding tert-OH is 1. The van der Waals surface area contributed by atoms with Crippen LogP contribution in [0.4, 0.5) is 5.69 Å². The Kier molecular flexibility index (Phi) is 3.21. The molecule has 1 aromatic rings. The zero-order valence-corrected chi connectivity index (χ0v) is 9.08. The smallest absolute Gasteiger partial charge is 0.181 e. The lowest BCUT2D eigenvalue weighted by atomic mass is 10.2. The lowest BCUT2D eigenvalue weighted by Gasteiger charge is -2.08. The summed E-state index contributed by atoms with van der Waals surface area (Å²) in [4.78, 5) is 0.00301. The molecule has 0 spiro atoms. The average Bonchev–Trinajstić information content (AvgIpc) is 2.11. The highest BCUT2D eigenvalue weighted by Crippen LogP contribution is 2.27. The third-order valence-corrected chi connectivity index (χ3v) is 3.85. The van der Waals surface area contributed by atoms with Gasteiger partial charge in [-0.15, -0.1) is 0 Å². The van der Waals surface area contributed by atoms with Crippen LogP contribution in [0.25, 0.3) is 0 Å². The van der Waals surface area contributed by atoms with Crippen molar-refractivity contribution in [3.63, 3.8) is 0 Å². The Bertz CT molecular complexity index is 467. The highest BCUT2D eigenvalue weighted by molar-refractivity contribution is 7.91. The second kappa shape index (κ2) is 4.08. The van der Waals surface area contributed by atoms with Gasteiger partial charge >= 0.3 is 0 Å². The largest absolute Gasteiger partial charge is 0.506 e. The van der Waals surface area contributed by atoms with E-state index in [-0.39, 0.29) is 22.1 Å². The van der Waals surface area contributed by atoms with Crippen LogP contribution in [0.5, 0.6) is 5.75 Å². The SMILES string of the molecule is Cc1cc(N)c(O)cc1S(=O)(=O)CCO. The van der Waals surface area contributed by atoms with Crippen LogP contribution in [0, 0.1) is 6.92 Å². The van der Waals surface area contributed by atoms with Crippen molar-refractivity contribution in [1.29, 1.82) is 0 Å². The molecule has 0 aromatic heterocycles. The molecule has 0 fully saturated rings. The number of phenolic OH excluding ortho intramolecular Hbond substituents is 1. The van der Waals surface area contributed by atoms with E-state index in [0.717, 1.165) is 6.07 Å². The maximum absolute atomic E-state index is 11.6. The molecule has 0 aliphatic rings. The van der Waals surface area contributed by atoms with Gasteiger partial charge in [0.15, 0.2) is 9.84 Å². The van der Waals surface area contributed by atoms with Gasteiger partial charge in [0.25, 0.3) is 0 Å². The number of hydrogen-bond donors (Lipinski definition) is 3. The van der Waals surface area contributed by atoms with E-state index in [1.165, 1.54) is 6.07 Å². The lowest BCUT2D eigenvalue weighted by Crippen LogP contribution is -2.11. The Labute approximate surface area is 88.1 Å². The molecule has 84 valence electrons. The van der Waals surface area contributed by atoms with Crippen LogP contribution in [0.1, 0.15) is 5.56 Å². The molecular formula is C9H13NO4S. The predicted octanol–water partition coefficient (Wildman–Crippen LogP) is 0.0488. The van der Waals surface area contributed by atoms with Gasteiger partial charge in [0.2, 0.25) is 0 Å². The van der Waals surface area contributed by atoms with Gasteiger partial charge in [-0.1, -0.05) is 0 Å². The molecule has 0 aliphatic heterocycles. The summed E-state index contributed by atoms with van der Waals surface area (Å²) in [6.07, 6.45) is 0. The van der Waals surface area contributed by atoms with Crippen molar-refractivity contribution in [2.45, 2.75) is 11.8 Å². The van der Waals surface area contributed by atoms with E-state index in [1.807, 2.05) is 0 Å². The fourth-order valence-electron chi connectivity index (χ4n) is 1.26. The first-order valence-electron chi connectivity index (χ1n) is 4.31. The van der Waals surface area contributed by atoms with Gasteiger partial charge in [0.05, 0.1) is 22.9 Å². The maximum Gasteiger partial charge on any atom is 0.181 e. The van der Waals surface area contributed by atoms with E-state index in [2.05, 4.69) is 0 Å². The minimum absolute atomic E-state index is 0.00301. The summed E-state index contributed by atoms with van der Waals surface area (Å²) in [6.45, 7) is 1.13. The predicted molar refractivity (Wildman–Crippen MR) is 56.4 cm³/mol. The summed E-state index contributed by atoms with van der Waals surface area (Å²) in [6, 6.07) is 2.50. The molecule has 0 bridgehead atoms. The number of nitrogens with two attached hydrogens (primary N) is 1. The summed E-state index contributed by atoms with van der Waals surface area (Å²) in [5.41, 5.74) is 6.00. The molecule has 0 heterocycles. The first kappa shape index (κ1) is 11.8. The van der Waals surface area contributed by atoms with Gasteiger partial charge in [0, 0.05) is 6.07 Å². The van der Waals surface area contributed by atoms with E-state index in [1.54, 1.807) is 6.92 Å². The van der Waals surface area contributed by atoms with Crippen LogP contribution >= 0.6 is 0 Å². The number of aliphatic hydroxyl groups is 1. The van der Waals surface area contributed by atoms with Gasteiger partial charge in [-0.2, -0.15) is 0 Å². The van der Waals surface area contributed by atoms with E-state index in [9.17, 15) is 13.5 Å². The molecule has 0 unspecified atom stereocenters. The number of rotatable bonds is 3. The highest BCUT2D eigenvalue weighted by Gasteiger charge is 2.18. The highest BCUT2D eigenvalue weighted by atomic mass is 32.2. The number of anilines is 1. The minimum Gasteiger partial charge on any atom is -0.506 e. The molecule has 0 radical (unpaired) electrons. The van der Waals surface area contributed by atoms with Crippen LogP contribution < -0.4 is 5.73 Å². The Balaban J connectivity index is 3.33. The summed E-state index contributed by atoms with van der Waals surface area (Å²) >= 11 is 0. The van der Waals surface area contributed by atoms with E-state index in [0.29, 0.717) is 5.56 Å². The van der Waals surface area contributed by atoms with Crippen LogP contribution in [0.15, 0.2) is 17.0 Å². The third kappa shape index (κ3) is 2.40. The molecule has 0 saturated carbocycles.